The van der Waals surface area contributed by atoms with Gasteiger partial charge in [-0.1, -0.05) is 39.8 Å². The molecule has 1 amide bonds. The first-order valence-corrected chi connectivity index (χ1v) is 12.2. The summed E-state index contributed by atoms with van der Waals surface area (Å²) < 4.78 is 38.5. The van der Waals surface area contributed by atoms with Crippen molar-refractivity contribution in [3.8, 4) is 0 Å². The monoisotopic (exact) mass is 471 g/mol. The van der Waals surface area contributed by atoms with Gasteiger partial charge in [0, 0.05) is 11.8 Å². The third-order valence-electron chi connectivity index (χ3n) is 5.42. The quantitative estimate of drug-likeness (QED) is 0.450. The van der Waals surface area contributed by atoms with Crippen molar-refractivity contribution in [1.82, 2.24) is 0 Å². The molecular weight excluding hydrogens is 442 g/mol. The number of furan rings is 1. The summed E-state index contributed by atoms with van der Waals surface area (Å²) in [7, 11) is -2.94. The van der Waals surface area contributed by atoms with Crippen molar-refractivity contribution in [2.24, 2.45) is 0 Å². The summed E-state index contributed by atoms with van der Waals surface area (Å²) in [5, 5.41) is 0.379. The summed E-state index contributed by atoms with van der Waals surface area (Å²) >= 11 is 0. The highest BCUT2D eigenvalue weighted by Crippen LogP contribution is 2.33. The van der Waals surface area contributed by atoms with E-state index in [0.717, 1.165) is 9.87 Å². The van der Waals surface area contributed by atoms with Crippen molar-refractivity contribution < 1.29 is 27.2 Å². The lowest BCUT2D eigenvalue weighted by atomic mass is 9.87. The molecule has 0 unspecified atom stereocenters. The Bertz CT molecular complexity index is 1300. The van der Waals surface area contributed by atoms with Gasteiger partial charge in [0.25, 0.3) is 10.0 Å². The Morgan fingerprint density at radius 3 is 2.24 bits per heavy atom. The first-order chi connectivity index (χ1) is 15.4. The lowest BCUT2D eigenvalue weighted by Crippen LogP contribution is -2.36. The van der Waals surface area contributed by atoms with Crippen molar-refractivity contribution in [1.29, 1.82) is 0 Å². The fourth-order valence-corrected chi connectivity index (χ4v) is 5.10. The number of anilines is 1. The summed E-state index contributed by atoms with van der Waals surface area (Å²) in [4.78, 5) is 25.3. The summed E-state index contributed by atoms with van der Waals surface area (Å²) in [6.07, 6.45) is 0.528. The van der Waals surface area contributed by atoms with Crippen LogP contribution in [0.1, 0.15) is 62.2 Å². The Morgan fingerprint density at radius 1 is 1.06 bits per heavy atom. The van der Waals surface area contributed by atoms with Crippen LogP contribution < -0.4 is 4.31 Å². The largest absolute Gasteiger partial charge is 0.465 e. The molecule has 0 radical (unpaired) electrons. The number of rotatable bonds is 6. The molecule has 3 aromatic rings. The predicted molar refractivity (Wildman–Crippen MR) is 127 cm³/mol. The molecule has 0 bridgehead atoms. The van der Waals surface area contributed by atoms with Gasteiger partial charge in [0.15, 0.2) is 0 Å². The number of methoxy groups -OCH3 is 1. The van der Waals surface area contributed by atoms with Gasteiger partial charge in [-0.25, -0.2) is 17.5 Å². The van der Waals surface area contributed by atoms with Crippen LogP contribution >= 0.6 is 0 Å². The highest BCUT2D eigenvalue weighted by Gasteiger charge is 2.32. The molecule has 0 fully saturated rings. The van der Waals surface area contributed by atoms with Crippen LogP contribution in [-0.4, -0.2) is 27.4 Å². The van der Waals surface area contributed by atoms with Crippen molar-refractivity contribution in [2.75, 3.05) is 11.4 Å². The van der Waals surface area contributed by atoms with Crippen LogP contribution in [0.2, 0.25) is 0 Å². The molecule has 1 aromatic heterocycles. The van der Waals surface area contributed by atoms with Gasteiger partial charge in [0.1, 0.15) is 16.9 Å². The van der Waals surface area contributed by atoms with Gasteiger partial charge in [-0.15, -0.1) is 0 Å². The average molecular weight is 472 g/mol. The van der Waals surface area contributed by atoms with E-state index in [4.69, 9.17) is 9.15 Å². The molecule has 0 aliphatic carbocycles. The summed E-state index contributed by atoms with van der Waals surface area (Å²) in [6.45, 7) is 9.54. The van der Waals surface area contributed by atoms with Crippen molar-refractivity contribution in [3.63, 3.8) is 0 Å². The highest BCUT2D eigenvalue weighted by molar-refractivity contribution is 7.93. The standard InChI is InChI=1S/C25H29NO6S/c1-7-8-22(27)26(33(29,30)19-12-9-17(10-13-19)25(3,4)5)18-11-14-21-20(15-18)23(16(2)32-21)24(28)31-6/h9-15H,7-8H2,1-6H3. The van der Waals surface area contributed by atoms with Crippen LogP contribution in [0.3, 0.4) is 0 Å². The third-order valence-corrected chi connectivity index (χ3v) is 7.18. The maximum atomic E-state index is 13.6. The molecule has 0 aliphatic rings. The number of hydrogen-bond donors (Lipinski definition) is 0. The fourth-order valence-electron chi connectivity index (χ4n) is 3.65. The summed E-state index contributed by atoms with van der Waals surface area (Å²) in [5.74, 6) is -0.812. The first kappa shape index (κ1) is 24.5. The number of benzene rings is 2. The smallest absolute Gasteiger partial charge is 0.342 e. The zero-order chi connectivity index (χ0) is 24.6. The lowest BCUT2D eigenvalue weighted by molar-refractivity contribution is -0.117. The number of amides is 1. The highest BCUT2D eigenvalue weighted by atomic mass is 32.2. The van der Waals surface area contributed by atoms with E-state index in [1.54, 1.807) is 32.0 Å². The molecule has 7 nitrogen and oxygen atoms in total. The molecule has 0 atom stereocenters. The first-order valence-electron chi connectivity index (χ1n) is 10.7. The van der Waals surface area contributed by atoms with Crippen LogP contribution in [0, 0.1) is 6.92 Å². The Balaban J connectivity index is 2.18. The average Bonchev–Trinajstić information content (AvgIpc) is 3.08. The SMILES string of the molecule is CCCC(=O)N(c1ccc2oc(C)c(C(=O)OC)c2c1)S(=O)(=O)c1ccc(C(C)(C)C)cc1. The molecule has 8 heteroatoms. The minimum Gasteiger partial charge on any atom is -0.465 e. The molecule has 33 heavy (non-hydrogen) atoms. The second kappa shape index (κ2) is 9.02. The molecule has 2 aromatic carbocycles. The van der Waals surface area contributed by atoms with E-state index in [1.807, 2.05) is 20.8 Å². The molecule has 0 aliphatic heterocycles. The molecule has 3 rings (SSSR count). The number of esters is 1. The van der Waals surface area contributed by atoms with Crippen LogP contribution in [-0.2, 0) is 25.0 Å². The number of carbonyl (C=O) groups is 2. The van der Waals surface area contributed by atoms with E-state index >= 15 is 0 Å². The van der Waals surface area contributed by atoms with Gasteiger partial charge in [-0.2, -0.15) is 0 Å². The summed E-state index contributed by atoms with van der Waals surface area (Å²) in [6, 6.07) is 11.1. The van der Waals surface area contributed by atoms with Crippen molar-refractivity contribution in [2.45, 2.75) is 57.8 Å². The minimum absolute atomic E-state index is 0.0108. The van der Waals surface area contributed by atoms with Crippen LogP contribution in [0.4, 0.5) is 5.69 Å². The van der Waals surface area contributed by atoms with Gasteiger partial charge < -0.3 is 9.15 Å². The molecule has 0 spiro atoms. The van der Waals surface area contributed by atoms with Crippen LogP contribution in [0.15, 0.2) is 51.8 Å². The summed E-state index contributed by atoms with van der Waals surface area (Å²) in [5.41, 5.74) is 1.56. The van der Waals surface area contributed by atoms with E-state index in [2.05, 4.69) is 0 Å². The zero-order valence-electron chi connectivity index (χ0n) is 19.8. The third kappa shape index (κ3) is 4.66. The molecule has 176 valence electrons. The Kier molecular flexibility index (Phi) is 6.70. The van der Waals surface area contributed by atoms with Gasteiger partial charge in [0.2, 0.25) is 5.91 Å². The Morgan fingerprint density at radius 2 is 1.70 bits per heavy atom. The minimum atomic E-state index is -4.20. The molecular formula is C25H29NO6S. The topological polar surface area (TPSA) is 93.9 Å². The number of sulfonamides is 1. The maximum Gasteiger partial charge on any atom is 0.342 e. The number of nitrogens with zero attached hydrogens (tertiary/aromatic N) is 1. The normalized spacial score (nSPS) is 12.1. The van der Waals surface area contributed by atoms with Gasteiger partial charge in [-0.05, 0) is 54.7 Å². The van der Waals surface area contributed by atoms with Gasteiger partial charge in [-0.3, -0.25) is 4.79 Å². The number of fused-ring (bicyclic) bond motifs is 1. The predicted octanol–water partition coefficient (Wildman–Crippen LogP) is 5.35. The Hall–Kier alpha value is -3.13. The zero-order valence-corrected chi connectivity index (χ0v) is 20.6. The number of ether oxygens (including phenoxy) is 1. The molecule has 0 saturated heterocycles. The lowest BCUT2D eigenvalue weighted by Gasteiger charge is -2.24. The van der Waals surface area contributed by atoms with E-state index < -0.39 is 21.9 Å². The maximum absolute atomic E-state index is 13.6. The number of hydrogen-bond acceptors (Lipinski definition) is 6. The Labute approximate surface area is 194 Å². The molecule has 0 N–H and O–H groups in total. The van der Waals surface area contributed by atoms with E-state index in [-0.39, 0.29) is 28.0 Å². The van der Waals surface area contributed by atoms with E-state index in [9.17, 15) is 18.0 Å². The van der Waals surface area contributed by atoms with E-state index in [1.165, 1.54) is 31.4 Å². The van der Waals surface area contributed by atoms with Crippen LogP contribution in [0.5, 0.6) is 0 Å². The van der Waals surface area contributed by atoms with Crippen LogP contribution in [0.25, 0.3) is 11.0 Å². The molecule has 0 saturated carbocycles. The number of carbonyl (C=O) groups excluding carboxylic acids is 2. The molecule has 1 heterocycles. The van der Waals surface area contributed by atoms with Gasteiger partial charge >= 0.3 is 5.97 Å². The fraction of sp³-hybridized carbons (Fsp3) is 0.360. The van der Waals surface area contributed by atoms with Crippen molar-refractivity contribution >= 4 is 38.6 Å². The second-order valence-corrected chi connectivity index (χ2v) is 10.7. The van der Waals surface area contributed by atoms with Gasteiger partial charge in [0.05, 0.1) is 17.7 Å². The van der Waals surface area contributed by atoms with E-state index in [0.29, 0.717) is 23.2 Å². The second-order valence-electron chi connectivity index (χ2n) is 8.89. The number of aryl methyl sites for hydroxylation is 1. The van der Waals surface area contributed by atoms with Crippen molar-refractivity contribution in [3.05, 3.63) is 59.4 Å².